The Morgan fingerprint density at radius 1 is 1.50 bits per heavy atom. The van der Waals surface area contributed by atoms with E-state index < -0.39 is 22.3 Å². The van der Waals surface area contributed by atoms with Crippen LogP contribution >= 0.6 is 0 Å². The Balaban J connectivity index is 2.07. The molecule has 2 rings (SSSR count). The number of carbonyl (C=O) groups excluding carboxylic acids is 1. The molecule has 0 fully saturated rings. The van der Waals surface area contributed by atoms with Gasteiger partial charge in [-0.2, -0.15) is 0 Å². The van der Waals surface area contributed by atoms with Crippen LogP contribution in [0.4, 0.5) is 10.1 Å². The molecule has 1 aromatic rings. The van der Waals surface area contributed by atoms with Crippen molar-refractivity contribution >= 4 is 11.6 Å². The van der Waals surface area contributed by atoms with Crippen molar-refractivity contribution in [2.75, 3.05) is 6.61 Å². The minimum Gasteiger partial charge on any atom is -0.396 e. The van der Waals surface area contributed by atoms with Crippen LogP contribution in [0.5, 0.6) is 0 Å². The third-order valence-corrected chi connectivity index (χ3v) is 3.13. The van der Waals surface area contributed by atoms with E-state index in [1.807, 2.05) is 0 Å². The number of aliphatic hydroxyl groups excluding tert-OH is 1. The highest BCUT2D eigenvalue weighted by Crippen LogP contribution is 2.19. The van der Waals surface area contributed by atoms with Crippen LogP contribution in [0.2, 0.25) is 0 Å². The zero-order valence-corrected chi connectivity index (χ0v) is 10.5. The highest BCUT2D eigenvalue weighted by molar-refractivity contribution is 5.95. The van der Waals surface area contributed by atoms with E-state index in [1.54, 1.807) is 12.2 Å². The van der Waals surface area contributed by atoms with E-state index in [1.165, 1.54) is 0 Å². The van der Waals surface area contributed by atoms with E-state index in [0.717, 1.165) is 18.2 Å². The lowest BCUT2D eigenvalue weighted by Gasteiger charge is -2.13. The number of nitro benzene ring substituents is 1. The smallest absolute Gasteiger partial charge is 0.272 e. The molecule has 0 spiro atoms. The Bertz CT molecular complexity index is 573. The third kappa shape index (κ3) is 3.00. The molecular formula is C13H13FN2O4. The van der Waals surface area contributed by atoms with Crippen molar-refractivity contribution in [3.05, 3.63) is 51.8 Å². The average molecular weight is 280 g/mol. The number of carbonyl (C=O) groups is 1. The van der Waals surface area contributed by atoms with E-state index in [-0.39, 0.29) is 24.1 Å². The number of nitro groups is 1. The molecule has 1 aliphatic carbocycles. The van der Waals surface area contributed by atoms with E-state index in [2.05, 4.69) is 5.32 Å². The van der Waals surface area contributed by atoms with Gasteiger partial charge in [0.15, 0.2) is 0 Å². The molecule has 106 valence electrons. The van der Waals surface area contributed by atoms with Crippen LogP contribution < -0.4 is 5.32 Å². The standard InChI is InChI=1S/C13H13FN2O4/c14-12-6-10(16(19)20)3-4-11(12)13(18)15-9-2-1-8(5-9)7-17/h1-4,6,8-9,17H,5,7H2,(H,15,18)/t8-,9+/m0/s1. The summed E-state index contributed by atoms with van der Waals surface area (Å²) in [6.45, 7) is -0.00520. The molecule has 0 radical (unpaired) electrons. The first-order valence-corrected chi connectivity index (χ1v) is 6.05. The van der Waals surface area contributed by atoms with Gasteiger partial charge in [-0.3, -0.25) is 14.9 Å². The second kappa shape index (κ2) is 5.79. The maximum Gasteiger partial charge on any atom is 0.272 e. The highest BCUT2D eigenvalue weighted by atomic mass is 19.1. The van der Waals surface area contributed by atoms with Crippen molar-refractivity contribution in [1.29, 1.82) is 0 Å². The molecule has 0 unspecified atom stereocenters. The van der Waals surface area contributed by atoms with Crippen LogP contribution in [0.15, 0.2) is 30.4 Å². The van der Waals surface area contributed by atoms with Gasteiger partial charge >= 0.3 is 0 Å². The lowest BCUT2D eigenvalue weighted by atomic mass is 10.1. The Morgan fingerprint density at radius 2 is 2.25 bits per heavy atom. The molecule has 2 atom stereocenters. The molecule has 1 amide bonds. The maximum absolute atomic E-state index is 13.7. The fourth-order valence-electron chi connectivity index (χ4n) is 2.06. The first kappa shape index (κ1) is 14.1. The van der Waals surface area contributed by atoms with Gasteiger partial charge in [0.05, 0.1) is 16.6 Å². The first-order chi connectivity index (χ1) is 9.51. The van der Waals surface area contributed by atoms with Crippen molar-refractivity contribution in [2.45, 2.75) is 12.5 Å². The monoisotopic (exact) mass is 280 g/mol. The van der Waals surface area contributed by atoms with Gasteiger partial charge in [0.2, 0.25) is 0 Å². The summed E-state index contributed by atoms with van der Waals surface area (Å²) in [6, 6.07) is 2.62. The van der Waals surface area contributed by atoms with Crippen LogP contribution in [-0.4, -0.2) is 28.6 Å². The lowest BCUT2D eigenvalue weighted by Crippen LogP contribution is -2.33. The number of hydrogen-bond donors (Lipinski definition) is 2. The number of nitrogens with one attached hydrogen (secondary N) is 1. The van der Waals surface area contributed by atoms with Gasteiger partial charge < -0.3 is 10.4 Å². The van der Waals surface area contributed by atoms with Crippen molar-refractivity contribution in [3.8, 4) is 0 Å². The topological polar surface area (TPSA) is 92.5 Å². The molecule has 0 saturated heterocycles. The summed E-state index contributed by atoms with van der Waals surface area (Å²) in [6.07, 6.45) is 4.08. The number of nitrogens with zero attached hydrogens (tertiary/aromatic N) is 1. The minimum absolute atomic E-state index is 0.00520. The molecular weight excluding hydrogens is 267 g/mol. The molecule has 20 heavy (non-hydrogen) atoms. The van der Waals surface area contributed by atoms with Crippen molar-refractivity contribution in [3.63, 3.8) is 0 Å². The molecule has 0 aromatic heterocycles. The van der Waals surface area contributed by atoms with Gasteiger partial charge in [-0.05, 0) is 12.5 Å². The first-order valence-electron chi connectivity index (χ1n) is 6.05. The number of halogens is 1. The van der Waals surface area contributed by atoms with Crippen molar-refractivity contribution < 1.29 is 19.2 Å². The Morgan fingerprint density at radius 3 is 2.80 bits per heavy atom. The number of benzene rings is 1. The highest BCUT2D eigenvalue weighted by Gasteiger charge is 2.22. The summed E-state index contributed by atoms with van der Waals surface area (Å²) in [7, 11) is 0. The van der Waals surface area contributed by atoms with Gasteiger partial charge in [0.25, 0.3) is 11.6 Å². The molecule has 0 saturated carbocycles. The largest absolute Gasteiger partial charge is 0.396 e. The van der Waals surface area contributed by atoms with Gasteiger partial charge in [0.1, 0.15) is 5.82 Å². The fourth-order valence-corrected chi connectivity index (χ4v) is 2.06. The zero-order chi connectivity index (χ0) is 14.7. The van der Waals surface area contributed by atoms with E-state index in [4.69, 9.17) is 5.11 Å². The molecule has 1 aliphatic rings. The van der Waals surface area contributed by atoms with Crippen LogP contribution in [-0.2, 0) is 0 Å². The second-order valence-electron chi connectivity index (χ2n) is 4.56. The third-order valence-electron chi connectivity index (χ3n) is 3.13. The van der Waals surface area contributed by atoms with E-state index in [9.17, 15) is 19.3 Å². The summed E-state index contributed by atoms with van der Waals surface area (Å²) < 4.78 is 13.7. The van der Waals surface area contributed by atoms with Gasteiger partial charge in [-0.25, -0.2) is 4.39 Å². The Labute approximate surface area is 114 Å². The normalized spacial score (nSPS) is 20.9. The number of hydrogen-bond acceptors (Lipinski definition) is 4. The summed E-state index contributed by atoms with van der Waals surface area (Å²) >= 11 is 0. The van der Waals surface area contributed by atoms with Crippen LogP contribution in [0.25, 0.3) is 0 Å². The number of amides is 1. The van der Waals surface area contributed by atoms with Crippen molar-refractivity contribution in [1.82, 2.24) is 5.32 Å². The van der Waals surface area contributed by atoms with Crippen LogP contribution in [0, 0.1) is 21.8 Å². The maximum atomic E-state index is 13.7. The van der Waals surface area contributed by atoms with Crippen LogP contribution in [0.1, 0.15) is 16.8 Å². The molecule has 0 heterocycles. The molecule has 0 aliphatic heterocycles. The Kier molecular flexibility index (Phi) is 4.09. The quantitative estimate of drug-likeness (QED) is 0.495. The lowest BCUT2D eigenvalue weighted by molar-refractivity contribution is -0.385. The minimum atomic E-state index is -0.933. The molecule has 1 aromatic carbocycles. The van der Waals surface area contributed by atoms with Crippen LogP contribution in [0.3, 0.4) is 0 Å². The fraction of sp³-hybridized carbons (Fsp3) is 0.308. The predicted octanol–water partition coefficient (Wildman–Crippen LogP) is 1.40. The zero-order valence-electron chi connectivity index (χ0n) is 10.5. The average Bonchev–Trinajstić information content (AvgIpc) is 2.85. The van der Waals surface area contributed by atoms with Gasteiger partial charge in [-0.15, -0.1) is 0 Å². The summed E-state index contributed by atoms with van der Waals surface area (Å²) in [5.41, 5.74) is -0.642. The van der Waals surface area contributed by atoms with E-state index in [0.29, 0.717) is 6.42 Å². The molecule has 7 heteroatoms. The van der Waals surface area contributed by atoms with E-state index >= 15 is 0 Å². The molecule has 2 N–H and O–H groups in total. The second-order valence-corrected chi connectivity index (χ2v) is 4.56. The van der Waals surface area contributed by atoms with Gasteiger partial charge in [-0.1, -0.05) is 12.2 Å². The number of rotatable bonds is 4. The predicted molar refractivity (Wildman–Crippen MR) is 68.6 cm³/mol. The number of non-ortho nitro benzene ring substituents is 1. The SMILES string of the molecule is O=C(N[C@@H]1C=C[C@H](CO)C1)c1ccc([N+](=O)[O-])cc1F. The molecule has 6 nitrogen and oxygen atoms in total. The summed E-state index contributed by atoms with van der Waals surface area (Å²) in [5.74, 6) is -1.58. The number of aliphatic hydroxyl groups is 1. The Hall–Kier alpha value is -2.28. The summed E-state index contributed by atoms with van der Waals surface area (Å²) in [4.78, 5) is 21.6. The van der Waals surface area contributed by atoms with Crippen molar-refractivity contribution in [2.24, 2.45) is 5.92 Å². The van der Waals surface area contributed by atoms with Gasteiger partial charge in [0, 0.05) is 24.6 Å². The summed E-state index contributed by atoms with van der Waals surface area (Å²) in [5, 5.41) is 22.1. The molecule has 0 bridgehead atoms.